The van der Waals surface area contributed by atoms with Crippen molar-refractivity contribution in [3.05, 3.63) is 76.9 Å². The third-order valence-electron chi connectivity index (χ3n) is 3.62. The number of amides is 1. The number of rotatable bonds is 5. The standard InChI is InChI=1S/C19H15ClFN3O2/c1-24(18(25)11-8-13-6-9-14(21)10-7-13)12-17-22-19(23-26-17)15-4-2-3-5-16(15)20/h2-11H,12H2,1H3/b11-8+. The molecular weight excluding hydrogens is 357 g/mol. The molecule has 7 heteroatoms. The Kier molecular flexibility index (Phi) is 5.43. The number of benzene rings is 2. The Morgan fingerprint density at radius 3 is 2.69 bits per heavy atom. The molecule has 5 nitrogen and oxygen atoms in total. The molecule has 132 valence electrons. The monoisotopic (exact) mass is 371 g/mol. The summed E-state index contributed by atoms with van der Waals surface area (Å²) in [6, 6.07) is 13.0. The van der Waals surface area contributed by atoms with Gasteiger partial charge in [0.2, 0.25) is 17.6 Å². The highest BCUT2D eigenvalue weighted by Crippen LogP contribution is 2.25. The van der Waals surface area contributed by atoms with Crippen LogP contribution in [0.5, 0.6) is 0 Å². The van der Waals surface area contributed by atoms with Crippen LogP contribution in [0.2, 0.25) is 5.02 Å². The van der Waals surface area contributed by atoms with Gasteiger partial charge in [-0.3, -0.25) is 4.79 Å². The van der Waals surface area contributed by atoms with Gasteiger partial charge in [0.05, 0.1) is 11.6 Å². The fourth-order valence-corrected chi connectivity index (χ4v) is 2.44. The summed E-state index contributed by atoms with van der Waals surface area (Å²) < 4.78 is 18.1. The van der Waals surface area contributed by atoms with Crippen LogP contribution in [0, 0.1) is 5.82 Å². The lowest BCUT2D eigenvalue weighted by atomic mass is 10.2. The predicted molar refractivity (Wildman–Crippen MR) is 96.7 cm³/mol. The summed E-state index contributed by atoms with van der Waals surface area (Å²) in [6.07, 6.45) is 3.01. The molecule has 1 aromatic heterocycles. The second-order valence-electron chi connectivity index (χ2n) is 5.57. The van der Waals surface area contributed by atoms with E-state index in [4.69, 9.17) is 16.1 Å². The van der Waals surface area contributed by atoms with Crippen molar-refractivity contribution in [1.29, 1.82) is 0 Å². The molecule has 1 heterocycles. The Balaban J connectivity index is 1.64. The van der Waals surface area contributed by atoms with Gasteiger partial charge < -0.3 is 9.42 Å². The minimum atomic E-state index is -0.323. The second kappa shape index (κ2) is 7.93. The first-order chi connectivity index (χ1) is 12.5. The van der Waals surface area contributed by atoms with Gasteiger partial charge in [-0.15, -0.1) is 0 Å². The van der Waals surface area contributed by atoms with E-state index in [-0.39, 0.29) is 18.3 Å². The van der Waals surface area contributed by atoms with Gasteiger partial charge in [-0.25, -0.2) is 4.39 Å². The first kappa shape index (κ1) is 17.8. The highest BCUT2D eigenvalue weighted by Gasteiger charge is 2.14. The number of nitrogens with zero attached hydrogens (tertiary/aromatic N) is 3. The van der Waals surface area contributed by atoms with Gasteiger partial charge in [0.1, 0.15) is 5.82 Å². The molecule has 3 rings (SSSR count). The number of carbonyl (C=O) groups is 1. The Hall–Kier alpha value is -2.99. The van der Waals surface area contributed by atoms with Gasteiger partial charge in [0.15, 0.2) is 0 Å². The summed E-state index contributed by atoms with van der Waals surface area (Å²) in [4.78, 5) is 17.9. The van der Waals surface area contributed by atoms with Crippen molar-refractivity contribution in [3.63, 3.8) is 0 Å². The van der Waals surface area contributed by atoms with Gasteiger partial charge in [0.25, 0.3) is 0 Å². The van der Waals surface area contributed by atoms with E-state index < -0.39 is 0 Å². The number of aromatic nitrogens is 2. The Bertz CT molecular complexity index is 938. The summed E-state index contributed by atoms with van der Waals surface area (Å²) >= 11 is 6.11. The van der Waals surface area contributed by atoms with E-state index in [2.05, 4.69) is 10.1 Å². The minimum Gasteiger partial charge on any atom is -0.337 e. The molecule has 0 N–H and O–H groups in total. The average Bonchev–Trinajstić information content (AvgIpc) is 3.09. The first-order valence-electron chi connectivity index (χ1n) is 7.79. The van der Waals surface area contributed by atoms with Crippen LogP contribution in [0.4, 0.5) is 4.39 Å². The van der Waals surface area contributed by atoms with E-state index in [0.29, 0.717) is 22.3 Å². The average molecular weight is 372 g/mol. The maximum absolute atomic E-state index is 12.9. The summed E-state index contributed by atoms with van der Waals surface area (Å²) in [7, 11) is 1.62. The van der Waals surface area contributed by atoms with Gasteiger partial charge >= 0.3 is 0 Å². The van der Waals surface area contributed by atoms with E-state index in [9.17, 15) is 9.18 Å². The molecule has 0 atom stereocenters. The zero-order valence-corrected chi connectivity index (χ0v) is 14.7. The summed E-state index contributed by atoms with van der Waals surface area (Å²) in [5, 5.41) is 4.42. The number of halogens is 2. The Morgan fingerprint density at radius 1 is 1.23 bits per heavy atom. The van der Waals surface area contributed by atoms with Gasteiger partial charge in [-0.1, -0.05) is 41.0 Å². The lowest BCUT2D eigenvalue weighted by molar-refractivity contribution is -0.125. The van der Waals surface area contributed by atoms with Gasteiger partial charge in [-0.2, -0.15) is 4.98 Å². The van der Waals surface area contributed by atoms with Gasteiger partial charge in [-0.05, 0) is 35.9 Å². The molecule has 0 fully saturated rings. The van der Waals surface area contributed by atoms with Crippen molar-refractivity contribution >= 4 is 23.6 Å². The van der Waals surface area contributed by atoms with E-state index in [1.807, 2.05) is 12.1 Å². The quantitative estimate of drug-likeness (QED) is 0.631. The van der Waals surface area contributed by atoms with Crippen LogP contribution >= 0.6 is 11.6 Å². The van der Waals surface area contributed by atoms with Crippen LogP contribution in [-0.4, -0.2) is 28.0 Å². The Labute approximate surface area is 154 Å². The Morgan fingerprint density at radius 2 is 1.96 bits per heavy atom. The number of hydrogen-bond donors (Lipinski definition) is 0. The molecule has 0 spiro atoms. The lowest BCUT2D eigenvalue weighted by Gasteiger charge is -2.11. The second-order valence-corrected chi connectivity index (χ2v) is 5.98. The molecule has 2 aromatic carbocycles. The van der Waals surface area contributed by atoms with Crippen LogP contribution in [-0.2, 0) is 11.3 Å². The maximum atomic E-state index is 12.9. The lowest BCUT2D eigenvalue weighted by Crippen LogP contribution is -2.24. The van der Waals surface area contributed by atoms with Crippen LogP contribution in [0.3, 0.4) is 0 Å². The third kappa shape index (κ3) is 4.34. The van der Waals surface area contributed by atoms with Crippen molar-refractivity contribution in [3.8, 4) is 11.4 Å². The molecule has 0 aliphatic heterocycles. The SMILES string of the molecule is CN(Cc1nc(-c2ccccc2Cl)no1)C(=O)/C=C/c1ccc(F)cc1. The smallest absolute Gasteiger partial charge is 0.246 e. The van der Waals surface area contributed by atoms with E-state index in [1.165, 1.54) is 23.1 Å². The van der Waals surface area contributed by atoms with Gasteiger partial charge in [0, 0.05) is 18.7 Å². The van der Waals surface area contributed by atoms with Crippen LogP contribution in [0.25, 0.3) is 17.5 Å². The largest absolute Gasteiger partial charge is 0.337 e. The maximum Gasteiger partial charge on any atom is 0.246 e. The molecule has 0 aliphatic carbocycles. The first-order valence-corrected chi connectivity index (χ1v) is 8.17. The van der Waals surface area contributed by atoms with Crippen molar-refractivity contribution in [1.82, 2.24) is 15.0 Å². The molecule has 0 aliphatic rings. The molecule has 1 amide bonds. The molecule has 26 heavy (non-hydrogen) atoms. The van der Waals surface area contributed by atoms with Crippen molar-refractivity contribution in [2.24, 2.45) is 0 Å². The van der Waals surface area contributed by atoms with Crippen molar-refractivity contribution in [2.75, 3.05) is 7.05 Å². The van der Waals surface area contributed by atoms with E-state index >= 15 is 0 Å². The topological polar surface area (TPSA) is 59.2 Å². The third-order valence-corrected chi connectivity index (χ3v) is 3.95. The number of carbonyl (C=O) groups excluding carboxylic acids is 1. The van der Waals surface area contributed by atoms with Crippen LogP contribution < -0.4 is 0 Å². The molecular formula is C19H15ClFN3O2. The molecule has 0 bridgehead atoms. The highest BCUT2D eigenvalue weighted by atomic mass is 35.5. The van der Waals surface area contributed by atoms with Crippen LogP contribution in [0.15, 0.2) is 59.1 Å². The normalized spacial score (nSPS) is 11.0. The zero-order chi connectivity index (χ0) is 18.5. The minimum absolute atomic E-state index is 0.157. The van der Waals surface area contributed by atoms with E-state index in [0.717, 1.165) is 5.56 Å². The highest BCUT2D eigenvalue weighted by molar-refractivity contribution is 6.33. The summed E-state index contributed by atoms with van der Waals surface area (Å²) in [5.41, 5.74) is 1.39. The molecule has 0 saturated heterocycles. The molecule has 0 saturated carbocycles. The molecule has 0 unspecified atom stereocenters. The predicted octanol–water partition coefficient (Wildman–Crippen LogP) is 4.20. The number of hydrogen-bond acceptors (Lipinski definition) is 4. The fourth-order valence-electron chi connectivity index (χ4n) is 2.22. The zero-order valence-electron chi connectivity index (χ0n) is 13.9. The molecule has 0 radical (unpaired) electrons. The van der Waals surface area contributed by atoms with Crippen molar-refractivity contribution < 1.29 is 13.7 Å². The fraction of sp³-hybridized carbons (Fsp3) is 0.105. The summed E-state index contributed by atoms with van der Waals surface area (Å²) in [6.45, 7) is 0.157. The van der Waals surface area contributed by atoms with Crippen LogP contribution in [0.1, 0.15) is 11.5 Å². The number of likely N-dealkylation sites (N-methyl/N-ethyl adjacent to an activating group) is 1. The summed E-state index contributed by atoms with van der Waals surface area (Å²) in [5.74, 6) is 0.0994. The molecule has 3 aromatic rings. The van der Waals surface area contributed by atoms with E-state index in [1.54, 1.807) is 37.4 Å². The van der Waals surface area contributed by atoms with Crippen molar-refractivity contribution in [2.45, 2.75) is 6.54 Å².